The van der Waals surface area contributed by atoms with Crippen molar-refractivity contribution in [2.45, 2.75) is 52.0 Å². The molecule has 0 saturated carbocycles. The molecule has 1 heterocycles. The summed E-state index contributed by atoms with van der Waals surface area (Å²) >= 11 is 0. The Morgan fingerprint density at radius 1 is 0.947 bits per heavy atom. The Labute approximate surface area is 115 Å². The molecule has 0 bridgehead atoms. The summed E-state index contributed by atoms with van der Waals surface area (Å²) in [6.07, 6.45) is 9.84. The summed E-state index contributed by atoms with van der Waals surface area (Å²) in [5.41, 5.74) is 0.957. The Morgan fingerprint density at radius 2 is 1.68 bits per heavy atom. The van der Waals surface area contributed by atoms with Crippen LogP contribution >= 0.6 is 0 Å². The number of fused-ring (bicyclic) bond motifs is 1. The molecule has 0 amide bonds. The molecule has 0 aliphatic carbocycles. The van der Waals surface area contributed by atoms with E-state index in [2.05, 4.69) is 23.8 Å². The van der Waals surface area contributed by atoms with E-state index in [4.69, 9.17) is 0 Å². The summed E-state index contributed by atoms with van der Waals surface area (Å²) < 4.78 is 2.17. The molecule has 2 nitrogen and oxygen atoms in total. The number of pyridine rings is 1. The number of phenolic OH excluding ortho intramolecular Hbond substituents is 1. The van der Waals surface area contributed by atoms with E-state index in [0.717, 1.165) is 17.4 Å². The first-order valence-corrected chi connectivity index (χ1v) is 7.43. The number of hydrogen-bond donors (Lipinski definition) is 1. The topological polar surface area (TPSA) is 24.1 Å². The summed E-state index contributed by atoms with van der Waals surface area (Å²) in [5.74, 6) is 0.379. The lowest BCUT2D eigenvalue weighted by Crippen LogP contribution is -2.34. The zero-order valence-electron chi connectivity index (χ0n) is 11.8. The van der Waals surface area contributed by atoms with Gasteiger partial charge >= 0.3 is 0 Å². The van der Waals surface area contributed by atoms with Crippen molar-refractivity contribution < 1.29 is 9.67 Å². The number of phenols is 1. The molecule has 0 aliphatic rings. The highest BCUT2D eigenvalue weighted by Crippen LogP contribution is 2.20. The van der Waals surface area contributed by atoms with Crippen molar-refractivity contribution in [2.24, 2.45) is 0 Å². The van der Waals surface area contributed by atoms with E-state index < -0.39 is 0 Å². The molecule has 0 radical (unpaired) electrons. The average Bonchev–Trinajstić information content (AvgIpc) is 2.43. The van der Waals surface area contributed by atoms with Crippen molar-refractivity contribution in [3.63, 3.8) is 0 Å². The molecular weight excluding hydrogens is 234 g/mol. The first-order chi connectivity index (χ1) is 9.33. The molecule has 0 spiro atoms. The molecule has 0 unspecified atom stereocenters. The fourth-order valence-electron chi connectivity index (χ4n) is 2.57. The summed E-state index contributed by atoms with van der Waals surface area (Å²) in [4.78, 5) is 0. The number of benzene rings is 1. The molecule has 2 aromatic rings. The molecule has 1 N–H and O–H groups in total. The normalized spacial score (nSPS) is 11.0. The fraction of sp³-hybridized carbons (Fsp3) is 0.471. The number of aromatic nitrogens is 1. The number of nitrogens with zero attached hydrogens (tertiary/aromatic N) is 1. The Kier molecular flexibility index (Phi) is 5.20. The molecule has 1 aromatic carbocycles. The first kappa shape index (κ1) is 13.9. The van der Waals surface area contributed by atoms with Crippen molar-refractivity contribution in [3.8, 4) is 5.75 Å². The zero-order valence-corrected chi connectivity index (χ0v) is 11.8. The molecule has 102 valence electrons. The number of rotatable bonds is 7. The van der Waals surface area contributed by atoms with Gasteiger partial charge in [-0.05, 0) is 24.6 Å². The maximum absolute atomic E-state index is 10.0. The molecule has 0 atom stereocenters. The average molecular weight is 258 g/mol. The van der Waals surface area contributed by atoms with Gasteiger partial charge in [-0.1, -0.05) is 38.7 Å². The molecule has 1 aromatic heterocycles. The molecule has 0 aliphatic heterocycles. The van der Waals surface area contributed by atoms with Crippen molar-refractivity contribution in [3.05, 3.63) is 36.5 Å². The van der Waals surface area contributed by atoms with E-state index in [1.807, 2.05) is 18.2 Å². The van der Waals surface area contributed by atoms with Crippen LogP contribution in [0.15, 0.2) is 36.5 Å². The molecule has 2 rings (SSSR count). The summed E-state index contributed by atoms with van der Waals surface area (Å²) in [5, 5.41) is 11.1. The van der Waals surface area contributed by atoms with Crippen LogP contribution in [0, 0.1) is 0 Å². The van der Waals surface area contributed by atoms with E-state index >= 15 is 0 Å². The van der Waals surface area contributed by atoms with Gasteiger partial charge in [0.05, 0.1) is 5.39 Å². The third kappa shape index (κ3) is 3.69. The SMILES string of the molecule is CCCCCCCC[n+]1cccc2cccc(O)c21. The Bertz CT molecular complexity index is 516. The molecule has 2 heteroatoms. The number of para-hydroxylation sites is 1. The lowest BCUT2D eigenvalue weighted by Gasteiger charge is -2.03. The Morgan fingerprint density at radius 3 is 2.53 bits per heavy atom. The second-order valence-electron chi connectivity index (χ2n) is 5.18. The predicted octanol–water partition coefficient (Wildman–Crippen LogP) is 4.19. The largest absolute Gasteiger partial charge is 0.502 e. The third-order valence-electron chi connectivity index (χ3n) is 3.63. The van der Waals surface area contributed by atoms with Crippen LogP contribution in [0.1, 0.15) is 45.4 Å². The quantitative estimate of drug-likeness (QED) is 0.584. The number of aromatic hydroxyl groups is 1. The van der Waals surface area contributed by atoms with E-state index in [9.17, 15) is 5.11 Å². The zero-order chi connectivity index (χ0) is 13.5. The lowest BCUT2D eigenvalue weighted by atomic mass is 10.1. The summed E-state index contributed by atoms with van der Waals surface area (Å²) in [6.45, 7) is 3.23. The van der Waals surface area contributed by atoms with E-state index in [-0.39, 0.29) is 0 Å². The van der Waals surface area contributed by atoms with Gasteiger partial charge in [0, 0.05) is 12.5 Å². The van der Waals surface area contributed by atoms with Crippen molar-refractivity contribution >= 4 is 10.9 Å². The van der Waals surface area contributed by atoms with Crippen molar-refractivity contribution in [1.29, 1.82) is 0 Å². The number of hydrogen-bond acceptors (Lipinski definition) is 1. The van der Waals surface area contributed by atoms with Gasteiger partial charge in [0.1, 0.15) is 6.54 Å². The van der Waals surface area contributed by atoms with Gasteiger partial charge in [-0.25, -0.2) is 0 Å². The Hall–Kier alpha value is -1.57. The molecule has 19 heavy (non-hydrogen) atoms. The van der Waals surface area contributed by atoms with Gasteiger partial charge in [-0.15, -0.1) is 0 Å². The first-order valence-electron chi connectivity index (χ1n) is 7.43. The van der Waals surface area contributed by atoms with Gasteiger partial charge in [0.2, 0.25) is 0 Å². The minimum absolute atomic E-state index is 0.379. The van der Waals surface area contributed by atoms with Gasteiger partial charge in [-0.3, -0.25) is 0 Å². The van der Waals surface area contributed by atoms with Crippen LogP contribution in [0.3, 0.4) is 0 Å². The maximum atomic E-state index is 10.0. The highest BCUT2D eigenvalue weighted by molar-refractivity contribution is 5.80. The predicted molar refractivity (Wildman–Crippen MR) is 79.2 cm³/mol. The minimum Gasteiger partial charge on any atom is -0.502 e. The van der Waals surface area contributed by atoms with Crippen molar-refractivity contribution in [2.75, 3.05) is 0 Å². The monoisotopic (exact) mass is 258 g/mol. The second kappa shape index (κ2) is 7.13. The third-order valence-corrected chi connectivity index (χ3v) is 3.63. The number of unbranched alkanes of at least 4 members (excludes halogenated alkanes) is 5. The van der Waals surface area contributed by atoms with Crippen LogP contribution in [-0.2, 0) is 6.54 Å². The van der Waals surface area contributed by atoms with Crippen molar-refractivity contribution in [1.82, 2.24) is 0 Å². The van der Waals surface area contributed by atoms with Gasteiger partial charge in [-0.2, -0.15) is 4.57 Å². The second-order valence-corrected chi connectivity index (χ2v) is 5.18. The standard InChI is InChI=1S/C17H23NO/c1-2-3-4-5-6-7-13-18-14-9-11-15-10-8-12-16(19)17(15)18/h8-12,14H,2-7,13H2,1H3/p+1. The highest BCUT2D eigenvalue weighted by atomic mass is 16.3. The molecule has 0 fully saturated rings. The van der Waals surface area contributed by atoms with Gasteiger partial charge < -0.3 is 5.11 Å². The van der Waals surface area contributed by atoms with Crippen LogP contribution in [0.25, 0.3) is 10.9 Å². The fourth-order valence-corrected chi connectivity index (χ4v) is 2.57. The minimum atomic E-state index is 0.379. The molecule has 0 saturated heterocycles. The lowest BCUT2D eigenvalue weighted by molar-refractivity contribution is -0.672. The van der Waals surface area contributed by atoms with Crippen LogP contribution < -0.4 is 4.57 Å². The number of aryl methyl sites for hydroxylation is 1. The van der Waals surface area contributed by atoms with Gasteiger partial charge in [0.25, 0.3) is 5.52 Å². The highest BCUT2D eigenvalue weighted by Gasteiger charge is 2.11. The smallest absolute Gasteiger partial charge is 0.254 e. The van der Waals surface area contributed by atoms with E-state index in [0.29, 0.717) is 5.75 Å². The van der Waals surface area contributed by atoms with Crippen LogP contribution in [-0.4, -0.2) is 5.11 Å². The maximum Gasteiger partial charge on any atom is 0.254 e. The Balaban J connectivity index is 1.97. The van der Waals surface area contributed by atoms with Crippen LogP contribution in [0.2, 0.25) is 0 Å². The summed E-state index contributed by atoms with van der Waals surface area (Å²) in [7, 11) is 0. The van der Waals surface area contributed by atoms with E-state index in [1.54, 1.807) is 6.07 Å². The molecular formula is C17H24NO+. The van der Waals surface area contributed by atoms with E-state index in [1.165, 1.54) is 38.5 Å². The van der Waals surface area contributed by atoms with Crippen LogP contribution in [0.5, 0.6) is 5.75 Å². The van der Waals surface area contributed by atoms with Crippen LogP contribution in [0.4, 0.5) is 0 Å². The van der Waals surface area contributed by atoms with Gasteiger partial charge in [0.15, 0.2) is 11.9 Å². The summed E-state index contributed by atoms with van der Waals surface area (Å²) in [6, 6.07) is 9.81.